The predicted octanol–water partition coefficient (Wildman–Crippen LogP) is 0.708. The van der Waals surface area contributed by atoms with Crippen molar-refractivity contribution in [1.29, 1.82) is 0 Å². The third-order valence-corrected chi connectivity index (χ3v) is 3.64. The SMILES string of the molecule is NCC1CCCN(c2nc[nH]c(=O)c2Br)C1. The van der Waals surface area contributed by atoms with Crippen LogP contribution >= 0.6 is 15.9 Å². The molecule has 3 N–H and O–H groups in total. The third-order valence-electron chi connectivity index (χ3n) is 2.93. The van der Waals surface area contributed by atoms with E-state index in [1.54, 1.807) is 0 Å². The van der Waals surface area contributed by atoms with Crippen LogP contribution in [0.1, 0.15) is 12.8 Å². The third kappa shape index (κ3) is 2.27. The number of rotatable bonds is 2. The lowest BCUT2D eigenvalue weighted by molar-refractivity contribution is 0.421. The van der Waals surface area contributed by atoms with Gasteiger partial charge in [0, 0.05) is 13.1 Å². The van der Waals surface area contributed by atoms with Crippen molar-refractivity contribution in [2.75, 3.05) is 24.5 Å². The molecule has 2 heterocycles. The molecule has 1 unspecified atom stereocenters. The maximum absolute atomic E-state index is 11.4. The van der Waals surface area contributed by atoms with Gasteiger partial charge >= 0.3 is 0 Å². The molecule has 1 fully saturated rings. The summed E-state index contributed by atoms with van der Waals surface area (Å²) in [6.45, 7) is 2.51. The molecule has 5 nitrogen and oxygen atoms in total. The number of aromatic amines is 1. The highest BCUT2D eigenvalue weighted by Gasteiger charge is 2.22. The van der Waals surface area contributed by atoms with E-state index < -0.39 is 0 Å². The molecule has 16 heavy (non-hydrogen) atoms. The molecule has 0 bridgehead atoms. The van der Waals surface area contributed by atoms with Crippen LogP contribution in [0.5, 0.6) is 0 Å². The van der Waals surface area contributed by atoms with Gasteiger partial charge in [-0.1, -0.05) is 0 Å². The van der Waals surface area contributed by atoms with Gasteiger partial charge in [-0.25, -0.2) is 4.98 Å². The summed E-state index contributed by atoms with van der Waals surface area (Å²) in [5.74, 6) is 1.23. The molecule has 0 saturated carbocycles. The zero-order valence-corrected chi connectivity index (χ0v) is 10.5. The van der Waals surface area contributed by atoms with E-state index in [1.165, 1.54) is 6.33 Å². The standard InChI is InChI=1S/C10H15BrN4O/c11-8-9(13-6-14-10(8)16)15-3-1-2-7(4-12)5-15/h6-7H,1-5,12H2,(H,13,14,16). The van der Waals surface area contributed by atoms with Crippen LogP contribution in [-0.4, -0.2) is 29.6 Å². The highest BCUT2D eigenvalue weighted by atomic mass is 79.9. The molecule has 0 amide bonds. The number of nitrogens with two attached hydrogens (primary N) is 1. The zero-order chi connectivity index (χ0) is 11.5. The first-order chi connectivity index (χ1) is 7.72. The van der Waals surface area contributed by atoms with Gasteiger partial charge in [0.1, 0.15) is 10.3 Å². The molecule has 1 atom stereocenters. The number of H-pyrrole nitrogens is 1. The highest BCUT2D eigenvalue weighted by molar-refractivity contribution is 9.10. The Morgan fingerprint density at radius 1 is 1.69 bits per heavy atom. The van der Waals surface area contributed by atoms with Crippen LogP contribution in [-0.2, 0) is 0 Å². The molecule has 1 aliphatic heterocycles. The molecular formula is C10H15BrN4O. The molecule has 1 saturated heterocycles. The summed E-state index contributed by atoms with van der Waals surface area (Å²) >= 11 is 3.28. The topological polar surface area (TPSA) is 75.0 Å². The molecule has 2 rings (SSSR count). The average Bonchev–Trinajstić information content (AvgIpc) is 2.33. The lowest BCUT2D eigenvalue weighted by atomic mass is 9.98. The summed E-state index contributed by atoms with van der Waals surface area (Å²) in [5.41, 5.74) is 5.55. The molecule has 0 aromatic carbocycles. The van der Waals surface area contributed by atoms with Gasteiger partial charge < -0.3 is 15.6 Å². The quantitative estimate of drug-likeness (QED) is 0.840. The maximum Gasteiger partial charge on any atom is 0.267 e. The molecule has 88 valence electrons. The number of nitrogens with one attached hydrogen (secondary N) is 1. The lowest BCUT2D eigenvalue weighted by Crippen LogP contribution is -2.39. The Balaban J connectivity index is 2.23. The lowest BCUT2D eigenvalue weighted by Gasteiger charge is -2.33. The number of hydrogen-bond donors (Lipinski definition) is 2. The largest absolute Gasteiger partial charge is 0.355 e. The number of nitrogens with zero attached hydrogens (tertiary/aromatic N) is 2. The Morgan fingerprint density at radius 3 is 3.25 bits per heavy atom. The van der Waals surface area contributed by atoms with E-state index in [-0.39, 0.29) is 5.56 Å². The smallest absolute Gasteiger partial charge is 0.267 e. The van der Waals surface area contributed by atoms with Gasteiger partial charge in [0.05, 0.1) is 6.33 Å². The monoisotopic (exact) mass is 286 g/mol. The summed E-state index contributed by atoms with van der Waals surface area (Å²) in [6, 6.07) is 0. The second-order valence-electron chi connectivity index (χ2n) is 4.06. The van der Waals surface area contributed by atoms with E-state index in [1.807, 2.05) is 0 Å². The summed E-state index contributed by atoms with van der Waals surface area (Å²) in [5, 5.41) is 0. The summed E-state index contributed by atoms with van der Waals surface area (Å²) in [7, 11) is 0. The van der Waals surface area contributed by atoms with E-state index in [0.717, 1.165) is 31.7 Å². The van der Waals surface area contributed by atoms with Crippen LogP contribution in [0.2, 0.25) is 0 Å². The van der Waals surface area contributed by atoms with Crippen molar-refractivity contribution in [3.05, 3.63) is 21.2 Å². The van der Waals surface area contributed by atoms with Gasteiger partial charge in [-0.05, 0) is 41.2 Å². The minimum atomic E-state index is -0.139. The Labute approximate surface area is 102 Å². The molecular weight excluding hydrogens is 272 g/mol. The zero-order valence-electron chi connectivity index (χ0n) is 8.95. The molecule has 1 aromatic heterocycles. The number of piperidine rings is 1. The van der Waals surface area contributed by atoms with Crippen molar-refractivity contribution in [1.82, 2.24) is 9.97 Å². The van der Waals surface area contributed by atoms with Gasteiger partial charge in [0.15, 0.2) is 0 Å². The fourth-order valence-corrected chi connectivity index (χ4v) is 2.51. The number of halogens is 1. The average molecular weight is 287 g/mol. The van der Waals surface area contributed by atoms with Gasteiger partial charge in [-0.15, -0.1) is 0 Å². The van der Waals surface area contributed by atoms with Crippen molar-refractivity contribution < 1.29 is 0 Å². The summed E-state index contributed by atoms with van der Waals surface area (Å²) in [6.07, 6.45) is 3.70. The van der Waals surface area contributed by atoms with E-state index >= 15 is 0 Å². The van der Waals surface area contributed by atoms with E-state index in [4.69, 9.17) is 5.73 Å². The minimum absolute atomic E-state index is 0.139. The van der Waals surface area contributed by atoms with Crippen molar-refractivity contribution in [3.63, 3.8) is 0 Å². The van der Waals surface area contributed by atoms with Crippen LogP contribution in [0.4, 0.5) is 5.82 Å². The minimum Gasteiger partial charge on any atom is -0.355 e. The molecule has 0 radical (unpaired) electrons. The first-order valence-electron chi connectivity index (χ1n) is 5.40. The summed E-state index contributed by atoms with van der Waals surface area (Å²) < 4.78 is 0.507. The Morgan fingerprint density at radius 2 is 2.50 bits per heavy atom. The van der Waals surface area contributed by atoms with Crippen LogP contribution < -0.4 is 16.2 Å². The Kier molecular flexibility index (Phi) is 3.60. The van der Waals surface area contributed by atoms with Gasteiger partial charge in [0.2, 0.25) is 0 Å². The molecule has 0 aliphatic carbocycles. The van der Waals surface area contributed by atoms with Crippen LogP contribution in [0.25, 0.3) is 0 Å². The second-order valence-corrected chi connectivity index (χ2v) is 4.85. The fraction of sp³-hybridized carbons (Fsp3) is 0.600. The van der Waals surface area contributed by atoms with E-state index in [0.29, 0.717) is 16.9 Å². The van der Waals surface area contributed by atoms with Crippen LogP contribution in [0.15, 0.2) is 15.6 Å². The summed E-state index contributed by atoms with van der Waals surface area (Å²) in [4.78, 5) is 20.3. The van der Waals surface area contributed by atoms with E-state index in [9.17, 15) is 4.79 Å². The van der Waals surface area contributed by atoms with Gasteiger partial charge in [-0.2, -0.15) is 0 Å². The molecule has 1 aliphatic rings. The van der Waals surface area contributed by atoms with Crippen molar-refractivity contribution in [3.8, 4) is 0 Å². The number of aromatic nitrogens is 2. The molecule has 0 spiro atoms. The first kappa shape index (κ1) is 11.6. The number of hydrogen-bond acceptors (Lipinski definition) is 4. The Hall–Kier alpha value is -0.880. The Bertz CT molecular complexity index is 420. The van der Waals surface area contributed by atoms with Crippen LogP contribution in [0, 0.1) is 5.92 Å². The fourth-order valence-electron chi connectivity index (χ4n) is 2.04. The molecule has 6 heteroatoms. The normalized spacial score (nSPS) is 21.1. The predicted molar refractivity (Wildman–Crippen MR) is 66.5 cm³/mol. The molecule has 1 aromatic rings. The van der Waals surface area contributed by atoms with Crippen molar-refractivity contribution in [2.24, 2.45) is 11.7 Å². The van der Waals surface area contributed by atoms with Gasteiger partial charge in [0.25, 0.3) is 5.56 Å². The van der Waals surface area contributed by atoms with Crippen molar-refractivity contribution >= 4 is 21.7 Å². The number of anilines is 1. The van der Waals surface area contributed by atoms with Crippen molar-refractivity contribution in [2.45, 2.75) is 12.8 Å². The highest BCUT2D eigenvalue weighted by Crippen LogP contribution is 2.24. The van der Waals surface area contributed by atoms with E-state index in [2.05, 4.69) is 30.8 Å². The van der Waals surface area contributed by atoms with Gasteiger partial charge in [-0.3, -0.25) is 4.79 Å². The van der Waals surface area contributed by atoms with Crippen LogP contribution in [0.3, 0.4) is 0 Å². The maximum atomic E-state index is 11.4. The second kappa shape index (κ2) is 4.97. The first-order valence-corrected chi connectivity index (χ1v) is 6.20.